The van der Waals surface area contributed by atoms with Crippen LogP contribution in [0.4, 0.5) is 5.95 Å². The largest absolute Gasteiger partial charge is 0.352 e. The second kappa shape index (κ2) is 9.31. The number of carbonyl (C=O) groups excluding carboxylic acids is 2. The molecule has 1 unspecified atom stereocenters. The van der Waals surface area contributed by atoms with Gasteiger partial charge in [-0.1, -0.05) is 61.1 Å². The van der Waals surface area contributed by atoms with Crippen molar-refractivity contribution in [1.29, 1.82) is 0 Å². The molecular formula is C27H25N5O2. The third-order valence-electron chi connectivity index (χ3n) is 5.89. The average Bonchev–Trinajstić information content (AvgIpc) is 3.26. The molecule has 34 heavy (non-hydrogen) atoms. The van der Waals surface area contributed by atoms with Crippen LogP contribution in [0.25, 0.3) is 21.8 Å². The highest BCUT2D eigenvalue weighted by molar-refractivity contribution is 6.07. The summed E-state index contributed by atoms with van der Waals surface area (Å²) in [5, 5.41) is 7.63. The number of nitrogens with one attached hydrogen (secondary N) is 3. The molecule has 5 rings (SSSR count). The summed E-state index contributed by atoms with van der Waals surface area (Å²) in [5.74, 6) is 0.229. The average molecular weight is 452 g/mol. The van der Waals surface area contributed by atoms with Crippen LogP contribution in [-0.4, -0.2) is 33.3 Å². The Labute approximate surface area is 197 Å². The van der Waals surface area contributed by atoms with E-state index < -0.39 is 0 Å². The molecule has 3 N–H and O–H groups in total. The quantitative estimate of drug-likeness (QED) is 0.384. The normalized spacial score (nSPS) is 15.3. The standard InChI is InChI=1S/C27H25N5O2/c1-17-6-4-7-18(14-17)12-13-28-25(33)21-10-5-11-22-24(21)31-27(30-22)32-26(34)23-15-19-8-2-3-9-20(19)16-29-23/h2-5,7-11,14-17H,6,12-13H2,1H3,(H,28,33)(H2,30,31,32,34). The van der Waals surface area contributed by atoms with Gasteiger partial charge in [-0.05, 0) is 42.3 Å². The molecule has 1 aliphatic carbocycles. The van der Waals surface area contributed by atoms with Gasteiger partial charge in [0.2, 0.25) is 5.95 Å². The van der Waals surface area contributed by atoms with Gasteiger partial charge in [0.25, 0.3) is 11.8 Å². The highest BCUT2D eigenvalue weighted by atomic mass is 16.2. The van der Waals surface area contributed by atoms with E-state index in [0.29, 0.717) is 29.1 Å². The number of fused-ring (bicyclic) bond motifs is 2. The lowest BCUT2D eigenvalue weighted by Crippen LogP contribution is -2.25. The number of hydrogen-bond acceptors (Lipinski definition) is 4. The summed E-state index contributed by atoms with van der Waals surface area (Å²) in [5.41, 5.74) is 3.16. The van der Waals surface area contributed by atoms with Crippen LogP contribution in [0.15, 0.2) is 78.5 Å². The highest BCUT2D eigenvalue weighted by Gasteiger charge is 2.16. The maximum absolute atomic E-state index is 12.8. The minimum Gasteiger partial charge on any atom is -0.352 e. The second-order valence-corrected chi connectivity index (χ2v) is 8.52. The number of anilines is 1. The van der Waals surface area contributed by atoms with Crippen LogP contribution in [-0.2, 0) is 0 Å². The van der Waals surface area contributed by atoms with E-state index in [2.05, 4.69) is 50.7 Å². The van der Waals surface area contributed by atoms with Gasteiger partial charge < -0.3 is 10.3 Å². The first-order valence-corrected chi connectivity index (χ1v) is 11.4. The first-order chi connectivity index (χ1) is 16.6. The van der Waals surface area contributed by atoms with Crippen molar-refractivity contribution in [1.82, 2.24) is 20.3 Å². The molecule has 0 radical (unpaired) electrons. The smallest absolute Gasteiger partial charge is 0.276 e. The Morgan fingerprint density at radius 2 is 1.94 bits per heavy atom. The van der Waals surface area contributed by atoms with Gasteiger partial charge in [-0.3, -0.25) is 19.9 Å². The van der Waals surface area contributed by atoms with E-state index in [-0.39, 0.29) is 23.5 Å². The van der Waals surface area contributed by atoms with E-state index in [1.165, 1.54) is 5.57 Å². The Kier molecular flexibility index (Phi) is 5.91. The van der Waals surface area contributed by atoms with Crippen molar-refractivity contribution in [2.75, 3.05) is 11.9 Å². The fraction of sp³-hybridized carbons (Fsp3) is 0.185. The predicted molar refractivity (Wildman–Crippen MR) is 134 cm³/mol. The van der Waals surface area contributed by atoms with Crippen molar-refractivity contribution in [3.05, 3.63) is 89.8 Å². The lowest BCUT2D eigenvalue weighted by atomic mass is 9.96. The molecule has 7 nitrogen and oxygen atoms in total. The molecule has 2 aromatic carbocycles. The van der Waals surface area contributed by atoms with E-state index in [1.807, 2.05) is 30.3 Å². The lowest BCUT2D eigenvalue weighted by molar-refractivity contribution is 0.0955. The van der Waals surface area contributed by atoms with Crippen molar-refractivity contribution in [3.8, 4) is 0 Å². The number of pyridine rings is 1. The number of benzene rings is 2. The zero-order valence-electron chi connectivity index (χ0n) is 18.8. The summed E-state index contributed by atoms with van der Waals surface area (Å²) < 4.78 is 0. The number of hydrogen-bond donors (Lipinski definition) is 3. The molecule has 0 fully saturated rings. The maximum atomic E-state index is 12.8. The van der Waals surface area contributed by atoms with Crippen LogP contribution in [0.1, 0.15) is 40.6 Å². The third-order valence-corrected chi connectivity index (χ3v) is 5.89. The van der Waals surface area contributed by atoms with E-state index in [1.54, 1.807) is 24.4 Å². The van der Waals surface area contributed by atoms with Crippen molar-refractivity contribution in [3.63, 3.8) is 0 Å². The van der Waals surface area contributed by atoms with Gasteiger partial charge in [0.05, 0.1) is 11.1 Å². The summed E-state index contributed by atoms with van der Waals surface area (Å²) in [6.45, 7) is 2.73. The highest BCUT2D eigenvalue weighted by Crippen LogP contribution is 2.21. The van der Waals surface area contributed by atoms with Gasteiger partial charge in [-0.15, -0.1) is 0 Å². The van der Waals surface area contributed by atoms with Gasteiger partial charge in [0.1, 0.15) is 11.2 Å². The molecule has 1 atom stereocenters. The van der Waals surface area contributed by atoms with E-state index in [9.17, 15) is 9.59 Å². The predicted octanol–water partition coefficient (Wildman–Crippen LogP) is 5.01. The van der Waals surface area contributed by atoms with Crippen molar-refractivity contribution < 1.29 is 9.59 Å². The first-order valence-electron chi connectivity index (χ1n) is 11.4. The van der Waals surface area contributed by atoms with Crippen LogP contribution < -0.4 is 10.6 Å². The number of aromatic amines is 1. The van der Waals surface area contributed by atoms with E-state index in [0.717, 1.165) is 23.6 Å². The maximum Gasteiger partial charge on any atom is 0.276 e. The Hall–Kier alpha value is -4.26. The molecule has 4 aromatic rings. The minimum atomic E-state index is -0.376. The van der Waals surface area contributed by atoms with Crippen LogP contribution in [0.5, 0.6) is 0 Å². The number of para-hydroxylation sites is 1. The Bertz CT molecular complexity index is 1450. The molecule has 2 amide bonds. The molecule has 0 spiro atoms. The number of imidazole rings is 1. The molecule has 7 heteroatoms. The topological polar surface area (TPSA) is 99.8 Å². The van der Waals surface area contributed by atoms with Crippen molar-refractivity contribution >= 4 is 39.6 Å². The van der Waals surface area contributed by atoms with Gasteiger partial charge in [-0.25, -0.2) is 4.98 Å². The number of aromatic nitrogens is 3. The Morgan fingerprint density at radius 3 is 2.79 bits per heavy atom. The Morgan fingerprint density at radius 1 is 1.09 bits per heavy atom. The van der Waals surface area contributed by atoms with Gasteiger partial charge in [0, 0.05) is 18.1 Å². The van der Waals surface area contributed by atoms with Crippen LogP contribution in [0, 0.1) is 5.92 Å². The summed E-state index contributed by atoms with van der Waals surface area (Å²) in [7, 11) is 0. The summed E-state index contributed by atoms with van der Waals surface area (Å²) in [6, 6.07) is 14.8. The van der Waals surface area contributed by atoms with Gasteiger partial charge in [-0.2, -0.15) is 0 Å². The molecule has 2 heterocycles. The molecule has 0 saturated heterocycles. The van der Waals surface area contributed by atoms with E-state index >= 15 is 0 Å². The minimum absolute atomic E-state index is 0.195. The van der Waals surface area contributed by atoms with Crippen molar-refractivity contribution in [2.45, 2.75) is 19.8 Å². The van der Waals surface area contributed by atoms with Gasteiger partial charge in [0.15, 0.2) is 0 Å². The number of carbonyl (C=O) groups is 2. The number of H-pyrrole nitrogens is 1. The molecule has 2 aromatic heterocycles. The molecular weight excluding hydrogens is 426 g/mol. The van der Waals surface area contributed by atoms with E-state index in [4.69, 9.17) is 0 Å². The lowest BCUT2D eigenvalue weighted by Gasteiger charge is -2.12. The zero-order chi connectivity index (χ0) is 23.5. The number of allylic oxidation sites excluding steroid dienone is 3. The van der Waals surface area contributed by atoms with Crippen LogP contribution >= 0.6 is 0 Å². The summed E-state index contributed by atoms with van der Waals surface area (Å²) in [6.07, 6.45) is 10.1. The summed E-state index contributed by atoms with van der Waals surface area (Å²) in [4.78, 5) is 37.4. The summed E-state index contributed by atoms with van der Waals surface area (Å²) >= 11 is 0. The monoisotopic (exact) mass is 451 g/mol. The molecule has 1 aliphatic rings. The Balaban J connectivity index is 1.29. The fourth-order valence-electron chi connectivity index (χ4n) is 4.16. The SMILES string of the molecule is CC1C=C(CCNC(=O)c2cccc3[nH]c(NC(=O)c4cc5ccccc5cn4)nc23)C=CC1. The second-order valence-electron chi connectivity index (χ2n) is 8.52. The number of rotatable bonds is 6. The van der Waals surface area contributed by atoms with Gasteiger partial charge >= 0.3 is 0 Å². The molecule has 0 saturated carbocycles. The van der Waals surface area contributed by atoms with Crippen molar-refractivity contribution in [2.24, 2.45) is 5.92 Å². The van der Waals surface area contributed by atoms with Crippen LogP contribution in [0.2, 0.25) is 0 Å². The fourth-order valence-corrected chi connectivity index (χ4v) is 4.16. The molecule has 0 bridgehead atoms. The number of nitrogens with zero attached hydrogens (tertiary/aromatic N) is 2. The number of amides is 2. The zero-order valence-corrected chi connectivity index (χ0v) is 18.8. The molecule has 0 aliphatic heterocycles. The molecule has 170 valence electrons. The first kappa shape index (κ1) is 21.6. The van der Waals surface area contributed by atoms with Crippen LogP contribution in [0.3, 0.4) is 0 Å². The third kappa shape index (κ3) is 4.59.